The molecule has 7 nitrogen and oxygen atoms in total. The average molecular weight is 370 g/mol. The summed E-state index contributed by atoms with van der Waals surface area (Å²) < 4.78 is 37.6. The largest absolute Gasteiger partial charge is 0.495 e. The molecule has 2 rings (SSSR count). The summed E-state index contributed by atoms with van der Waals surface area (Å²) >= 11 is 0. The zero-order valence-electron chi connectivity index (χ0n) is 14.9. The van der Waals surface area contributed by atoms with E-state index in [1.54, 1.807) is 13.2 Å². The highest BCUT2D eigenvalue weighted by atomic mass is 32.2. The zero-order valence-corrected chi connectivity index (χ0v) is 15.8. The van der Waals surface area contributed by atoms with Crippen molar-refractivity contribution in [1.29, 1.82) is 0 Å². The Morgan fingerprint density at radius 1 is 1.24 bits per heavy atom. The van der Waals surface area contributed by atoms with Gasteiger partial charge in [0.15, 0.2) is 0 Å². The van der Waals surface area contributed by atoms with Crippen molar-refractivity contribution in [2.45, 2.75) is 37.1 Å². The number of carbonyl (C=O) groups excluding carboxylic acids is 1. The standard InChI is InChI=1S/C17H26N2O5S/c1-13(12-23-2)18-17(20)14-7-8-15(24-3)16(11-14)25(21,22)19-9-5-4-6-10-19/h7-8,11,13H,4-6,9-10,12H2,1-3H3,(H,18,20). The van der Waals surface area contributed by atoms with Crippen LogP contribution >= 0.6 is 0 Å². The van der Waals surface area contributed by atoms with E-state index >= 15 is 0 Å². The van der Waals surface area contributed by atoms with Gasteiger partial charge in [0, 0.05) is 31.8 Å². The van der Waals surface area contributed by atoms with Gasteiger partial charge >= 0.3 is 0 Å². The predicted octanol–water partition coefficient (Wildman–Crippen LogP) is 1.63. The molecule has 1 aromatic rings. The zero-order chi connectivity index (χ0) is 18.4. The highest BCUT2D eigenvalue weighted by molar-refractivity contribution is 7.89. The Morgan fingerprint density at radius 2 is 1.92 bits per heavy atom. The van der Waals surface area contributed by atoms with Crippen LogP contribution in [0.3, 0.4) is 0 Å². The SMILES string of the molecule is COCC(C)NC(=O)c1ccc(OC)c(S(=O)(=O)N2CCCCC2)c1. The summed E-state index contributed by atoms with van der Waals surface area (Å²) in [6, 6.07) is 4.29. The molecule has 140 valence electrons. The fourth-order valence-corrected chi connectivity index (χ4v) is 4.56. The van der Waals surface area contributed by atoms with E-state index in [0.29, 0.717) is 19.7 Å². The van der Waals surface area contributed by atoms with Gasteiger partial charge in [-0.15, -0.1) is 0 Å². The molecule has 1 atom stereocenters. The summed E-state index contributed by atoms with van der Waals surface area (Å²) in [6.45, 7) is 3.18. The van der Waals surface area contributed by atoms with Crippen molar-refractivity contribution >= 4 is 15.9 Å². The fraction of sp³-hybridized carbons (Fsp3) is 0.588. The lowest BCUT2D eigenvalue weighted by atomic mass is 10.2. The third-order valence-corrected chi connectivity index (χ3v) is 6.07. The first-order valence-corrected chi connectivity index (χ1v) is 9.82. The third-order valence-electron chi connectivity index (χ3n) is 4.15. The molecule has 0 bridgehead atoms. The molecule has 25 heavy (non-hydrogen) atoms. The molecule has 1 aliphatic heterocycles. The molecule has 1 aromatic carbocycles. The molecule has 1 N–H and O–H groups in total. The minimum Gasteiger partial charge on any atom is -0.495 e. The smallest absolute Gasteiger partial charge is 0.251 e. The molecule has 1 saturated heterocycles. The maximum absolute atomic E-state index is 13.0. The Kier molecular flexibility index (Phi) is 6.80. The number of benzene rings is 1. The van der Waals surface area contributed by atoms with Gasteiger partial charge in [0.1, 0.15) is 10.6 Å². The van der Waals surface area contributed by atoms with Gasteiger partial charge in [0.05, 0.1) is 13.7 Å². The molecule has 1 fully saturated rings. The van der Waals surface area contributed by atoms with Gasteiger partial charge in [-0.25, -0.2) is 8.42 Å². The van der Waals surface area contributed by atoms with Gasteiger partial charge in [-0.2, -0.15) is 4.31 Å². The number of hydrogen-bond acceptors (Lipinski definition) is 5. The fourth-order valence-electron chi connectivity index (χ4n) is 2.86. The molecule has 0 aromatic heterocycles. The number of nitrogens with zero attached hydrogens (tertiary/aromatic N) is 1. The summed E-state index contributed by atoms with van der Waals surface area (Å²) in [5.74, 6) is -0.102. The van der Waals surface area contributed by atoms with Crippen LogP contribution in [0.1, 0.15) is 36.5 Å². The van der Waals surface area contributed by atoms with E-state index in [2.05, 4.69) is 5.32 Å². The molecule has 8 heteroatoms. The monoisotopic (exact) mass is 370 g/mol. The first-order chi connectivity index (χ1) is 11.9. The molecule has 0 spiro atoms. The number of amides is 1. The van der Waals surface area contributed by atoms with Crippen molar-refractivity contribution in [1.82, 2.24) is 9.62 Å². The molecule has 0 aliphatic carbocycles. The molecule has 1 heterocycles. The molecule has 1 aliphatic rings. The maximum Gasteiger partial charge on any atom is 0.251 e. The second-order valence-electron chi connectivity index (χ2n) is 6.16. The van der Waals surface area contributed by atoms with Crippen LogP contribution in [0, 0.1) is 0 Å². The second kappa shape index (κ2) is 8.64. The second-order valence-corrected chi connectivity index (χ2v) is 8.07. The topological polar surface area (TPSA) is 84.9 Å². The first-order valence-electron chi connectivity index (χ1n) is 8.38. The van der Waals surface area contributed by atoms with E-state index in [-0.39, 0.29) is 28.2 Å². The summed E-state index contributed by atoms with van der Waals surface area (Å²) in [6.07, 6.45) is 2.72. The Morgan fingerprint density at radius 3 is 2.52 bits per heavy atom. The van der Waals surface area contributed by atoms with Crippen molar-refractivity contribution in [2.24, 2.45) is 0 Å². The number of carbonyl (C=O) groups is 1. The molecule has 1 unspecified atom stereocenters. The number of piperidine rings is 1. The lowest BCUT2D eigenvalue weighted by molar-refractivity contribution is 0.0905. The minimum atomic E-state index is -3.70. The van der Waals surface area contributed by atoms with E-state index in [1.165, 1.54) is 23.5 Å². The van der Waals surface area contributed by atoms with E-state index in [0.717, 1.165) is 19.3 Å². The summed E-state index contributed by atoms with van der Waals surface area (Å²) in [7, 11) is -0.719. The third kappa shape index (κ3) is 4.71. The van der Waals surface area contributed by atoms with Gasteiger partial charge in [-0.1, -0.05) is 6.42 Å². The number of hydrogen-bond donors (Lipinski definition) is 1. The minimum absolute atomic E-state index is 0.0314. The molecule has 1 amide bonds. The molecular weight excluding hydrogens is 344 g/mol. The highest BCUT2D eigenvalue weighted by Gasteiger charge is 2.29. The summed E-state index contributed by atoms with van der Waals surface area (Å²) in [5.41, 5.74) is 0.277. The van der Waals surface area contributed by atoms with Crippen LogP contribution in [-0.2, 0) is 14.8 Å². The van der Waals surface area contributed by atoms with Gasteiger partial charge in [0.25, 0.3) is 5.91 Å². The van der Waals surface area contributed by atoms with E-state index in [4.69, 9.17) is 9.47 Å². The first kappa shape index (κ1) is 19.7. The summed E-state index contributed by atoms with van der Waals surface area (Å²) in [4.78, 5) is 12.4. The Hall–Kier alpha value is -1.64. The predicted molar refractivity (Wildman–Crippen MR) is 94.4 cm³/mol. The number of sulfonamides is 1. The van der Waals surface area contributed by atoms with Crippen molar-refractivity contribution in [2.75, 3.05) is 33.9 Å². The van der Waals surface area contributed by atoms with Gasteiger partial charge in [-0.3, -0.25) is 4.79 Å². The number of methoxy groups -OCH3 is 2. The van der Waals surface area contributed by atoms with Crippen LogP contribution in [0.2, 0.25) is 0 Å². The van der Waals surface area contributed by atoms with E-state index in [9.17, 15) is 13.2 Å². The van der Waals surface area contributed by atoms with Gasteiger partial charge < -0.3 is 14.8 Å². The van der Waals surface area contributed by atoms with Crippen LogP contribution in [0.15, 0.2) is 23.1 Å². The van der Waals surface area contributed by atoms with E-state index < -0.39 is 10.0 Å². The Bertz CT molecular complexity index is 699. The normalized spacial score (nSPS) is 17.1. The Labute approximate surface area is 149 Å². The molecular formula is C17H26N2O5S. The van der Waals surface area contributed by atoms with Crippen molar-refractivity contribution in [3.63, 3.8) is 0 Å². The van der Waals surface area contributed by atoms with Crippen LogP contribution in [-0.4, -0.2) is 58.6 Å². The highest BCUT2D eigenvalue weighted by Crippen LogP contribution is 2.29. The summed E-state index contributed by atoms with van der Waals surface area (Å²) in [5, 5.41) is 2.78. The van der Waals surface area contributed by atoms with Crippen molar-refractivity contribution < 1.29 is 22.7 Å². The van der Waals surface area contributed by atoms with Crippen LogP contribution < -0.4 is 10.1 Å². The van der Waals surface area contributed by atoms with Crippen molar-refractivity contribution in [3.8, 4) is 5.75 Å². The van der Waals surface area contributed by atoms with E-state index in [1.807, 2.05) is 6.92 Å². The van der Waals surface area contributed by atoms with Gasteiger partial charge in [0.2, 0.25) is 10.0 Å². The Balaban J connectivity index is 2.32. The number of rotatable bonds is 7. The van der Waals surface area contributed by atoms with Crippen molar-refractivity contribution in [3.05, 3.63) is 23.8 Å². The molecule has 0 radical (unpaired) electrons. The maximum atomic E-state index is 13.0. The number of ether oxygens (including phenoxy) is 2. The molecule has 0 saturated carbocycles. The van der Waals surface area contributed by atoms with Crippen LogP contribution in [0.25, 0.3) is 0 Å². The average Bonchev–Trinajstić information content (AvgIpc) is 2.62. The van der Waals surface area contributed by atoms with Crippen LogP contribution in [0.5, 0.6) is 5.75 Å². The lowest BCUT2D eigenvalue weighted by Gasteiger charge is -2.26. The van der Waals surface area contributed by atoms with Crippen LogP contribution in [0.4, 0.5) is 0 Å². The lowest BCUT2D eigenvalue weighted by Crippen LogP contribution is -2.37. The van der Waals surface area contributed by atoms with Gasteiger partial charge in [-0.05, 0) is 38.0 Å². The quantitative estimate of drug-likeness (QED) is 0.789. The number of nitrogens with one attached hydrogen (secondary N) is 1.